The summed E-state index contributed by atoms with van der Waals surface area (Å²) in [6.07, 6.45) is 8.94. The highest BCUT2D eigenvalue weighted by molar-refractivity contribution is 9.11. The Labute approximate surface area is 161 Å². The van der Waals surface area contributed by atoms with Crippen molar-refractivity contribution in [2.24, 2.45) is 0 Å². The molecular formula is C19H24BrN3OS. The molecule has 0 aliphatic heterocycles. The molecule has 3 aromatic rings. The standard InChI is InChI=1S/C15H20N2O.C4H4BrNS/c1-2-3-6-13(17-11-18)9-12-10-16-15-8-5-4-7-14(12)15;1-3-2-6-4(5)7-3/h4-5,7-8,10-11,13,16H,2-3,6,9H2,1H3,(H,17,18);2H,1H3. The third kappa shape index (κ3) is 6.29. The average Bonchev–Trinajstić information content (AvgIpc) is 3.19. The highest BCUT2D eigenvalue weighted by Crippen LogP contribution is 2.20. The van der Waals surface area contributed by atoms with Crippen molar-refractivity contribution < 1.29 is 4.79 Å². The van der Waals surface area contributed by atoms with Crippen LogP contribution in [-0.4, -0.2) is 22.4 Å². The van der Waals surface area contributed by atoms with Gasteiger partial charge in [0.15, 0.2) is 3.92 Å². The molecule has 0 fully saturated rings. The van der Waals surface area contributed by atoms with E-state index in [4.69, 9.17) is 0 Å². The minimum Gasteiger partial charge on any atom is -0.361 e. The van der Waals surface area contributed by atoms with E-state index in [1.165, 1.54) is 15.8 Å². The Morgan fingerprint density at radius 3 is 2.80 bits per heavy atom. The number of rotatable bonds is 7. The second-order valence-corrected chi connectivity index (χ2v) is 8.42. The van der Waals surface area contributed by atoms with Gasteiger partial charge in [-0.05, 0) is 47.3 Å². The first kappa shape index (κ1) is 19.7. The molecule has 1 atom stereocenters. The number of unbranched alkanes of at least 4 members (excludes halogenated alkanes) is 1. The number of para-hydroxylation sites is 1. The third-order valence-corrected chi connectivity index (χ3v) is 5.34. The van der Waals surface area contributed by atoms with Crippen LogP contribution in [0.25, 0.3) is 10.9 Å². The van der Waals surface area contributed by atoms with Crippen molar-refractivity contribution in [3.63, 3.8) is 0 Å². The largest absolute Gasteiger partial charge is 0.361 e. The van der Waals surface area contributed by atoms with Crippen LogP contribution in [0.3, 0.4) is 0 Å². The van der Waals surface area contributed by atoms with E-state index in [2.05, 4.69) is 56.5 Å². The Morgan fingerprint density at radius 2 is 2.20 bits per heavy atom. The molecule has 134 valence electrons. The summed E-state index contributed by atoms with van der Waals surface area (Å²) in [5.74, 6) is 0. The predicted molar refractivity (Wildman–Crippen MR) is 109 cm³/mol. The van der Waals surface area contributed by atoms with Crippen LogP contribution >= 0.6 is 27.3 Å². The van der Waals surface area contributed by atoms with Crippen molar-refractivity contribution >= 4 is 44.6 Å². The summed E-state index contributed by atoms with van der Waals surface area (Å²) < 4.78 is 0.963. The minimum absolute atomic E-state index is 0.238. The van der Waals surface area contributed by atoms with Gasteiger partial charge in [0, 0.05) is 34.2 Å². The number of carbonyl (C=O) groups is 1. The van der Waals surface area contributed by atoms with Gasteiger partial charge in [-0.1, -0.05) is 38.0 Å². The van der Waals surface area contributed by atoms with E-state index in [1.807, 2.05) is 25.3 Å². The molecular weight excluding hydrogens is 398 g/mol. The second-order valence-electron chi connectivity index (χ2n) is 5.91. The molecule has 2 aromatic heterocycles. The molecule has 4 nitrogen and oxygen atoms in total. The molecule has 0 radical (unpaired) electrons. The van der Waals surface area contributed by atoms with Crippen LogP contribution < -0.4 is 5.32 Å². The number of carbonyl (C=O) groups excluding carboxylic acids is 1. The summed E-state index contributed by atoms with van der Waals surface area (Å²) in [7, 11) is 0. The summed E-state index contributed by atoms with van der Waals surface area (Å²) in [6, 6.07) is 8.52. The van der Waals surface area contributed by atoms with E-state index >= 15 is 0 Å². The maximum absolute atomic E-state index is 10.7. The lowest BCUT2D eigenvalue weighted by atomic mass is 10.0. The molecule has 0 aliphatic rings. The van der Waals surface area contributed by atoms with Crippen molar-refractivity contribution in [1.82, 2.24) is 15.3 Å². The fourth-order valence-electron chi connectivity index (χ4n) is 2.68. The van der Waals surface area contributed by atoms with Crippen LogP contribution in [-0.2, 0) is 11.2 Å². The lowest BCUT2D eigenvalue weighted by Crippen LogP contribution is -2.29. The number of aromatic nitrogens is 2. The Kier molecular flexibility index (Phi) is 8.15. The maximum Gasteiger partial charge on any atom is 0.207 e. The van der Waals surface area contributed by atoms with Crippen LogP contribution in [0.5, 0.6) is 0 Å². The topological polar surface area (TPSA) is 57.8 Å². The molecule has 6 heteroatoms. The number of H-pyrrole nitrogens is 1. The van der Waals surface area contributed by atoms with Gasteiger partial charge in [-0.2, -0.15) is 0 Å². The molecule has 0 aliphatic carbocycles. The number of benzene rings is 1. The number of fused-ring (bicyclic) bond motifs is 1. The van der Waals surface area contributed by atoms with E-state index in [1.54, 1.807) is 11.3 Å². The molecule has 1 aromatic carbocycles. The molecule has 1 amide bonds. The smallest absolute Gasteiger partial charge is 0.207 e. The van der Waals surface area contributed by atoms with Crippen LogP contribution in [0.15, 0.2) is 40.6 Å². The molecule has 3 rings (SSSR count). The zero-order valence-corrected chi connectivity index (χ0v) is 17.0. The normalized spacial score (nSPS) is 11.6. The molecule has 0 saturated carbocycles. The number of aryl methyl sites for hydroxylation is 1. The first-order chi connectivity index (χ1) is 12.1. The molecule has 2 N–H and O–H groups in total. The number of thiazole rings is 1. The summed E-state index contributed by atoms with van der Waals surface area (Å²) >= 11 is 4.89. The summed E-state index contributed by atoms with van der Waals surface area (Å²) in [5, 5.41) is 4.18. The molecule has 0 bridgehead atoms. The Hall–Kier alpha value is -1.66. The summed E-state index contributed by atoms with van der Waals surface area (Å²) in [5.41, 5.74) is 2.44. The number of nitrogens with zero attached hydrogens (tertiary/aromatic N) is 1. The van der Waals surface area contributed by atoms with Gasteiger partial charge in [-0.25, -0.2) is 4.98 Å². The zero-order valence-electron chi connectivity index (χ0n) is 14.6. The van der Waals surface area contributed by atoms with Gasteiger partial charge in [0.05, 0.1) is 0 Å². The van der Waals surface area contributed by atoms with Gasteiger partial charge in [0.1, 0.15) is 0 Å². The zero-order chi connectivity index (χ0) is 18.1. The maximum atomic E-state index is 10.7. The summed E-state index contributed by atoms with van der Waals surface area (Å²) in [4.78, 5) is 19.1. The monoisotopic (exact) mass is 421 g/mol. The van der Waals surface area contributed by atoms with Gasteiger partial charge >= 0.3 is 0 Å². The number of hydrogen-bond acceptors (Lipinski definition) is 3. The molecule has 0 spiro atoms. The quantitative estimate of drug-likeness (QED) is 0.513. The second kappa shape index (κ2) is 10.4. The van der Waals surface area contributed by atoms with Gasteiger partial charge in [0.25, 0.3) is 0 Å². The predicted octanol–water partition coefficient (Wildman–Crippen LogP) is 5.23. The number of nitrogens with one attached hydrogen (secondary N) is 2. The Balaban J connectivity index is 0.000000269. The fraction of sp³-hybridized carbons (Fsp3) is 0.368. The number of hydrogen-bond donors (Lipinski definition) is 2. The van der Waals surface area contributed by atoms with Crippen molar-refractivity contribution in [1.29, 1.82) is 0 Å². The number of aromatic amines is 1. The van der Waals surface area contributed by atoms with Crippen LogP contribution in [0.1, 0.15) is 36.6 Å². The lowest BCUT2D eigenvalue weighted by Gasteiger charge is -2.15. The summed E-state index contributed by atoms with van der Waals surface area (Å²) in [6.45, 7) is 4.20. The van der Waals surface area contributed by atoms with Crippen molar-refractivity contribution in [3.05, 3.63) is 51.0 Å². The van der Waals surface area contributed by atoms with Crippen molar-refractivity contribution in [3.8, 4) is 0 Å². The van der Waals surface area contributed by atoms with Gasteiger partial charge in [0.2, 0.25) is 6.41 Å². The average molecular weight is 422 g/mol. The van der Waals surface area contributed by atoms with Crippen LogP contribution in [0.4, 0.5) is 0 Å². The fourth-order valence-corrected chi connectivity index (χ4v) is 4.03. The number of halogens is 1. The first-order valence-electron chi connectivity index (χ1n) is 8.46. The molecule has 2 heterocycles. The van der Waals surface area contributed by atoms with Gasteiger partial charge in [-0.3, -0.25) is 4.79 Å². The highest BCUT2D eigenvalue weighted by atomic mass is 79.9. The lowest BCUT2D eigenvalue weighted by molar-refractivity contribution is -0.110. The highest BCUT2D eigenvalue weighted by Gasteiger charge is 2.11. The van der Waals surface area contributed by atoms with Gasteiger partial charge < -0.3 is 10.3 Å². The number of amides is 1. The molecule has 0 saturated heterocycles. The minimum atomic E-state index is 0.238. The SMILES string of the molecule is CCCCC(Cc1c[nH]c2ccccc12)NC=O.Cc1cnc(Br)s1. The van der Waals surface area contributed by atoms with E-state index in [0.717, 1.165) is 41.5 Å². The van der Waals surface area contributed by atoms with Crippen LogP contribution in [0, 0.1) is 6.92 Å². The van der Waals surface area contributed by atoms with E-state index in [9.17, 15) is 4.79 Å². The van der Waals surface area contributed by atoms with Crippen molar-refractivity contribution in [2.45, 2.75) is 45.6 Å². The van der Waals surface area contributed by atoms with Crippen molar-refractivity contribution in [2.75, 3.05) is 0 Å². The van der Waals surface area contributed by atoms with E-state index < -0.39 is 0 Å². The molecule has 1 unspecified atom stereocenters. The van der Waals surface area contributed by atoms with Gasteiger partial charge in [-0.15, -0.1) is 11.3 Å². The third-order valence-electron chi connectivity index (χ3n) is 3.94. The Morgan fingerprint density at radius 1 is 1.40 bits per heavy atom. The Bertz CT molecular complexity index is 767. The van der Waals surface area contributed by atoms with E-state index in [0.29, 0.717) is 0 Å². The first-order valence-corrected chi connectivity index (χ1v) is 10.1. The van der Waals surface area contributed by atoms with Crippen LogP contribution in [0.2, 0.25) is 0 Å². The van der Waals surface area contributed by atoms with E-state index in [-0.39, 0.29) is 6.04 Å². The molecule has 25 heavy (non-hydrogen) atoms.